The van der Waals surface area contributed by atoms with Crippen molar-refractivity contribution in [2.45, 2.75) is 26.1 Å². The molecule has 0 heterocycles. The summed E-state index contributed by atoms with van der Waals surface area (Å²) in [5.74, 6) is -0.524. The molecule has 2 N–H and O–H groups in total. The second kappa shape index (κ2) is 4.79. The van der Waals surface area contributed by atoms with Gasteiger partial charge in [0.2, 0.25) is 0 Å². The molecule has 0 saturated carbocycles. The van der Waals surface area contributed by atoms with Crippen LogP contribution in [0.2, 0.25) is 0 Å². The molecule has 15 heavy (non-hydrogen) atoms. The van der Waals surface area contributed by atoms with Gasteiger partial charge in [0, 0.05) is 0 Å². The second-order valence-electron chi connectivity index (χ2n) is 3.34. The van der Waals surface area contributed by atoms with Crippen LogP contribution in [0.1, 0.15) is 25.5 Å². The Morgan fingerprint density at radius 2 is 1.80 bits per heavy atom. The van der Waals surface area contributed by atoms with Crippen LogP contribution in [0.15, 0.2) is 24.3 Å². The Morgan fingerprint density at radius 3 is 2.20 bits per heavy atom. The molecule has 0 bridgehead atoms. The number of hydrogen-bond donors (Lipinski definition) is 2. The number of aliphatic hydroxyl groups is 1. The van der Waals surface area contributed by atoms with Crippen LogP contribution in [0.25, 0.3) is 0 Å². The zero-order valence-electron chi connectivity index (χ0n) is 8.68. The molecule has 0 aliphatic heterocycles. The molecule has 1 aromatic rings. The Hall–Kier alpha value is -1.55. The third kappa shape index (κ3) is 3.25. The fourth-order valence-corrected chi connectivity index (χ4v) is 1.08. The van der Waals surface area contributed by atoms with Gasteiger partial charge < -0.3 is 14.9 Å². The first-order valence-electron chi connectivity index (χ1n) is 4.68. The third-order valence-corrected chi connectivity index (χ3v) is 2.02. The van der Waals surface area contributed by atoms with Crippen molar-refractivity contribution in [2.24, 2.45) is 0 Å². The highest BCUT2D eigenvalue weighted by Gasteiger charge is 2.12. The van der Waals surface area contributed by atoms with E-state index in [2.05, 4.69) is 0 Å². The highest BCUT2D eigenvalue weighted by atomic mass is 16.5. The molecule has 0 fully saturated rings. The lowest BCUT2D eigenvalue weighted by molar-refractivity contribution is -0.144. The zero-order chi connectivity index (χ0) is 11.4. The Morgan fingerprint density at radius 1 is 1.27 bits per heavy atom. The van der Waals surface area contributed by atoms with E-state index in [4.69, 9.17) is 9.84 Å². The summed E-state index contributed by atoms with van der Waals surface area (Å²) in [6.07, 6.45) is -1.40. The predicted molar refractivity (Wildman–Crippen MR) is 54.8 cm³/mol. The van der Waals surface area contributed by atoms with Crippen LogP contribution in [-0.4, -0.2) is 22.3 Å². The van der Waals surface area contributed by atoms with Crippen molar-refractivity contribution in [1.29, 1.82) is 0 Å². The number of aliphatic carboxylic acids is 1. The molecule has 1 rings (SSSR count). The summed E-state index contributed by atoms with van der Waals surface area (Å²) in [4.78, 5) is 10.5. The summed E-state index contributed by atoms with van der Waals surface area (Å²) < 4.78 is 5.13. The topological polar surface area (TPSA) is 66.8 Å². The highest BCUT2D eigenvalue weighted by molar-refractivity contribution is 5.72. The van der Waals surface area contributed by atoms with Crippen molar-refractivity contribution >= 4 is 5.97 Å². The lowest BCUT2D eigenvalue weighted by Gasteiger charge is -2.11. The number of ether oxygens (including phenoxy) is 1. The summed E-state index contributed by atoms with van der Waals surface area (Å²) in [5.41, 5.74) is 0.769. The van der Waals surface area contributed by atoms with Gasteiger partial charge in [-0.3, -0.25) is 0 Å². The molecule has 0 saturated heterocycles. The van der Waals surface area contributed by atoms with Crippen LogP contribution in [0.4, 0.5) is 0 Å². The largest absolute Gasteiger partial charge is 0.479 e. The number of benzene rings is 1. The van der Waals surface area contributed by atoms with Crippen LogP contribution in [0.5, 0.6) is 5.75 Å². The Labute approximate surface area is 88.1 Å². The van der Waals surface area contributed by atoms with Crippen molar-refractivity contribution in [1.82, 2.24) is 0 Å². The third-order valence-electron chi connectivity index (χ3n) is 2.02. The molecule has 0 spiro atoms. The fourth-order valence-electron chi connectivity index (χ4n) is 1.08. The van der Waals surface area contributed by atoms with E-state index in [-0.39, 0.29) is 0 Å². The molecular formula is C11H14O4. The average molecular weight is 210 g/mol. The van der Waals surface area contributed by atoms with Gasteiger partial charge in [-0.15, -0.1) is 0 Å². The standard InChI is InChI=1S/C11H14O4/c1-7(12)9-3-5-10(6-4-9)15-8(2)11(13)14/h3-8,12H,1-2H3,(H,13,14)/t7-,8?/m0/s1. The minimum Gasteiger partial charge on any atom is -0.479 e. The van der Waals surface area contributed by atoms with E-state index in [9.17, 15) is 9.90 Å². The molecule has 1 aromatic carbocycles. The smallest absolute Gasteiger partial charge is 0.344 e. The van der Waals surface area contributed by atoms with E-state index in [1.807, 2.05) is 0 Å². The number of carbonyl (C=O) groups is 1. The van der Waals surface area contributed by atoms with E-state index in [1.54, 1.807) is 31.2 Å². The van der Waals surface area contributed by atoms with Crippen molar-refractivity contribution in [2.75, 3.05) is 0 Å². The van der Waals surface area contributed by atoms with Crippen LogP contribution >= 0.6 is 0 Å². The van der Waals surface area contributed by atoms with Gasteiger partial charge in [0.15, 0.2) is 6.10 Å². The Bertz CT molecular complexity index is 329. The van der Waals surface area contributed by atoms with Crippen LogP contribution in [-0.2, 0) is 4.79 Å². The Kier molecular flexibility index (Phi) is 3.68. The van der Waals surface area contributed by atoms with Crippen molar-refractivity contribution in [3.63, 3.8) is 0 Å². The zero-order valence-corrected chi connectivity index (χ0v) is 8.68. The van der Waals surface area contributed by atoms with Gasteiger partial charge in [-0.1, -0.05) is 12.1 Å². The van der Waals surface area contributed by atoms with Crippen molar-refractivity contribution < 1.29 is 19.7 Å². The van der Waals surface area contributed by atoms with Crippen molar-refractivity contribution in [3.8, 4) is 5.75 Å². The minimum absolute atomic E-state index is 0.481. The van der Waals surface area contributed by atoms with Gasteiger partial charge in [0.25, 0.3) is 0 Å². The molecule has 0 aliphatic carbocycles. The maximum absolute atomic E-state index is 10.5. The average Bonchev–Trinajstić information content (AvgIpc) is 2.18. The van der Waals surface area contributed by atoms with Gasteiger partial charge in [0.1, 0.15) is 5.75 Å². The molecule has 82 valence electrons. The van der Waals surface area contributed by atoms with Gasteiger partial charge in [-0.25, -0.2) is 4.79 Å². The number of carboxylic acids is 1. The van der Waals surface area contributed by atoms with Crippen molar-refractivity contribution in [3.05, 3.63) is 29.8 Å². The quantitative estimate of drug-likeness (QED) is 0.792. The minimum atomic E-state index is -1.00. The van der Waals surface area contributed by atoms with E-state index in [0.29, 0.717) is 5.75 Å². The maximum atomic E-state index is 10.5. The molecular weight excluding hydrogens is 196 g/mol. The molecule has 0 aromatic heterocycles. The van der Waals surface area contributed by atoms with E-state index in [1.165, 1.54) is 6.92 Å². The number of hydrogen-bond acceptors (Lipinski definition) is 3. The van der Waals surface area contributed by atoms with E-state index >= 15 is 0 Å². The fraction of sp³-hybridized carbons (Fsp3) is 0.364. The molecule has 4 nitrogen and oxygen atoms in total. The summed E-state index contributed by atoms with van der Waals surface area (Å²) in [5, 5.41) is 17.9. The number of carboxylic acid groups (broad SMARTS) is 1. The molecule has 0 amide bonds. The first kappa shape index (κ1) is 11.5. The lowest BCUT2D eigenvalue weighted by Crippen LogP contribution is -2.22. The summed E-state index contributed by atoms with van der Waals surface area (Å²) >= 11 is 0. The van der Waals surface area contributed by atoms with Gasteiger partial charge in [-0.05, 0) is 31.5 Å². The summed E-state index contributed by atoms with van der Waals surface area (Å²) in [7, 11) is 0. The molecule has 1 unspecified atom stereocenters. The predicted octanol–water partition coefficient (Wildman–Crippen LogP) is 1.59. The Balaban J connectivity index is 2.68. The van der Waals surface area contributed by atoms with E-state index < -0.39 is 18.2 Å². The van der Waals surface area contributed by atoms with Crippen LogP contribution in [0, 0.1) is 0 Å². The highest BCUT2D eigenvalue weighted by Crippen LogP contribution is 2.18. The van der Waals surface area contributed by atoms with E-state index in [0.717, 1.165) is 5.56 Å². The van der Waals surface area contributed by atoms with Gasteiger partial charge in [0.05, 0.1) is 6.10 Å². The number of rotatable bonds is 4. The summed E-state index contributed by atoms with van der Waals surface area (Å²) in [6, 6.07) is 6.69. The van der Waals surface area contributed by atoms with Crippen LogP contribution < -0.4 is 4.74 Å². The molecule has 0 radical (unpaired) electrons. The first-order valence-corrected chi connectivity index (χ1v) is 4.68. The first-order chi connectivity index (χ1) is 7.00. The van der Waals surface area contributed by atoms with Gasteiger partial charge in [-0.2, -0.15) is 0 Å². The molecule has 0 aliphatic rings. The van der Waals surface area contributed by atoms with Crippen LogP contribution in [0.3, 0.4) is 0 Å². The van der Waals surface area contributed by atoms with Gasteiger partial charge >= 0.3 is 5.97 Å². The second-order valence-corrected chi connectivity index (χ2v) is 3.34. The molecule has 4 heteroatoms. The monoisotopic (exact) mass is 210 g/mol. The normalized spacial score (nSPS) is 14.3. The maximum Gasteiger partial charge on any atom is 0.344 e. The number of aliphatic hydroxyl groups excluding tert-OH is 1. The molecule has 2 atom stereocenters. The SMILES string of the molecule is CC(Oc1ccc([C@H](C)O)cc1)C(=O)O. The summed E-state index contributed by atoms with van der Waals surface area (Å²) in [6.45, 7) is 3.13. The lowest BCUT2D eigenvalue weighted by atomic mass is 10.1.